The predicted octanol–water partition coefficient (Wildman–Crippen LogP) is 2.46. The highest BCUT2D eigenvalue weighted by atomic mass is 19.4. The molecule has 0 unspecified atom stereocenters. The first kappa shape index (κ1) is 13.4. The number of hydrogen-bond acceptors (Lipinski definition) is 2. The Hall–Kier alpha value is -1.62. The number of Topliss-reactive ketones (excluding diaryl/α,β-unsaturated/α-hetero) is 1. The van der Waals surface area contributed by atoms with Crippen LogP contribution in [0.1, 0.15) is 5.56 Å². The van der Waals surface area contributed by atoms with Gasteiger partial charge in [0, 0.05) is 6.54 Å². The summed E-state index contributed by atoms with van der Waals surface area (Å²) in [6.45, 7) is 2.71. The summed E-state index contributed by atoms with van der Waals surface area (Å²) < 4.78 is 36.3. The van der Waals surface area contributed by atoms with Gasteiger partial charge in [0.15, 0.2) is 5.78 Å². The molecule has 0 heterocycles. The molecule has 2 nitrogen and oxygen atoms in total. The minimum absolute atomic E-state index is 0.345. The summed E-state index contributed by atoms with van der Waals surface area (Å²) in [5.74, 6) is -1.03. The van der Waals surface area contributed by atoms with Crippen molar-refractivity contribution in [2.45, 2.75) is 12.7 Å². The van der Waals surface area contributed by atoms with Crippen molar-refractivity contribution in [3.63, 3.8) is 0 Å². The molecule has 5 heteroatoms. The molecule has 0 saturated heterocycles. The first-order valence-electron chi connectivity index (χ1n) is 4.95. The van der Waals surface area contributed by atoms with Gasteiger partial charge in [-0.2, -0.15) is 13.2 Å². The number of ketones is 1. The molecule has 1 aromatic carbocycles. The van der Waals surface area contributed by atoms with E-state index in [0.29, 0.717) is 6.54 Å². The lowest BCUT2D eigenvalue weighted by Gasteiger charge is -2.09. The van der Waals surface area contributed by atoms with Crippen molar-refractivity contribution in [2.75, 3.05) is 6.54 Å². The van der Waals surface area contributed by atoms with E-state index in [1.165, 1.54) is 0 Å². The third-order valence-corrected chi connectivity index (χ3v) is 2.14. The second kappa shape index (κ2) is 5.63. The van der Waals surface area contributed by atoms with Crippen molar-refractivity contribution in [3.8, 4) is 0 Å². The van der Waals surface area contributed by atoms with Crippen LogP contribution in [0.5, 0.6) is 0 Å². The zero-order chi connectivity index (χ0) is 12.9. The van der Waals surface area contributed by atoms with Crippen LogP contribution in [0.25, 0.3) is 0 Å². The van der Waals surface area contributed by atoms with E-state index in [-0.39, 0.29) is 6.54 Å². The molecule has 0 aliphatic rings. The van der Waals surface area contributed by atoms with Crippen molar-refractivity contribution < 1.29 is 18.0 Å². The molecule has 0 radical (unpaired) electrons. The van der Waals surface area contributed by atoms with E-state index < -0.39 is 17.5 Å². The zero-order valence-electron chi connectivity index (χ0n) is 9.05. The normalized spacial score (nSPS) is 11.2. The molecule has 0 fully saturated rings. The van der Waals surface area contributed by atoms with Gasteiger partial charge in [-0.1, -0.05) is 36.9 Å². The smallest absolute Gasteiger partial charge is 0.306 e. The van der Waals surface area contributed by atoms with Crippen molar-refractivity contribution in [1.29, 1.82) is 0 Å². The number of halogens is 3. The summed E-state index contributed by atoms with van der Waals surface area (Å²) in [7, 11) is 0. The lowest BCUT2D eigenvalue weighted by molar-refractivity contribution is -0.128. The van der Waals surface area contributed by atoms with Gasteiger partial charge < -0.3 is 5.32 Å². The van der Waals surface area contributed by atoms with Crippen LogP contribution in [0, 0.1) is 0 Å². The van der Waals surface area contributed by atoms with Gasteiger partial charge >= 0.3 is 6.18 Å². The highest BCUT2D eigenvalue weighted by Gasteiger charge is 2.36. The minimum Gasteiger partial charge on any atom is -0.306 e. The topological polar surface area (TPSA) is 29.1 Å². The third kappa shape index (κ3) is 4.40. The maximum absolute atomic E-state index is 12.1. The summed E-state index contributed by atoms with van der Waals surface area (Å²) in [5.41, 5.74) is -0.420. The quantitative estimate of drug-likeness (QED) is 0.805. The Morgan fingerprint density at radius 1 is 1.24 bits per heavy atom. The van der Waals surface area contributed by atoms with Gasteiger partial charge in [-0.15, -0.1) is 0 Å². The van der Waals surface area contributed by atoms with Crippen LogP contribution in [0.2, 0.25) is 0 Å². The average molecular weight is 243 g/mol. The maximum Gasteiger partial charge on any atom is 0.419 e. The molecule has 0 saturated carbocycles. The lowest BCUT2D eigenvalue weighted by atomic mass is 10.2. The first-order valence-corrected chi connectivity index (χ1v) is 4.95. The predicted molar refractivity (Wildman–Crippen MR) is 58.4 cm³/mol. The van der Waals surface area contributed by atoms with Crippen molar-refractivity contribution in [3.05, 3.63) is 48.0 Å². The van der Waals surface area contributed by atoms with Crippen LogP contribution in [-0.4, -0.2) is 18.5 Å². The van der Waals surface area contributed by atoms with Crippen LogP contribution < -0.4 is 5.32 Å². The molecule has 0 aliphatic carbocycles. The van der Waals surface area contributed by atoms with E-state index in [4.69, 9.17) is 0 Å². The molecule has 17 heavy (non-hydrogen) atoms. The van der Waals surface area contributed by atoms with Gasteiger partial charge in [-0.3, -0.25) is 4.79 Å². The van der Waals surface area contributed by atoms with E-state index in [1.54, 1.807) is 0 Å². The van der Waals surface area contributed by atoms with Gasteiger partial charge in [0.25, 0.3) is 0 Å². The summed E-state index contributed by atoms with van der Waals surface area (Å²) in [4.78, 5) is 11.1. The number of hydrogen-bond donors (Lipinski definition) is 1. The van der Waals surface area contributed by atoms with Crippen molar-refractivity contribution in [1.82, 2.24) is 5.32 Å². The van der Waals surface area contributed by atoms with Crippen LogP contribution in [0.15, 0.2) is 42.5 Å². The summed E-state index contributed by atoms with van der Waals surface area (Å²) >= 11 is 0. The first-order chi connectivity index (χ1) is 7.91. The summed E-state index contributed by atoms with van der Waals surface area (Å²) in [6, 6.07) is 9.09. The lowest BCUT2D eigenvalue weighted by Crippen LogP contribution is -2.28. The fourth-order valence-corrected chi connectivity index (χ4v) is 1.18. The SMILES string of the molecule is C=C(C(=O)CNCc1ccccc1)C(F)(F)F. The van der Waals surface area contributed by atoms with Crippen LogP contribution in [0.3, 0.4) is 0 Å². The second-order valence-corrected chi connectivity index (χ2v) is 3.49. The Bertz CT molecular complexity index is 398. The van der Waals surface area contributed by atoms with Gasteiger partial charge in [-0.25, -0.2) is 0 Å². The molecule has 1 N–H and O–H groups in total. The molecule has 0 amide bonds. The number of alkyl halides is 3. The fourth-order valence-electron chi connectivity index (χ4n) is 1.18. The summed E-state index contributed by atoms with van der Waals surface area (Å²) in [5, 5.41) is 2.64. The van der Waals surface area contributed by atoms with Crippen molar-refractivity contribution >= 4 is 5.78 Å². The van der Waals surface area contributed by atoms with Crippen LogP contribution in [0.4, 0.5) is 13.2 Å². The molecule has 1 aromatic rings. The van der Waals surface area contributed by atoms with E-state index >= 15 is 0 Å². The van der Waals surface area contributed by atoms with E-state index in [1.807, 2.05) is 30.3 Å². The largest absolute Gasteiger partial charge is 0.419 e. The molecular weight excluding hydrogens is 231 g/mol. The monoisotopic (exact) mass is 243 g/mol. The van der Waals surface area contributed by atoms with Gasteiger partial charge in [-0.05, 0) is 5.56 Å². The molecule has 0 aromatic heterocycles. The highest BCUT2D eigenvalue weighted by Crippen LogP contribution is 2.24. The molecule has 0 aliphatic heterocycles. The fraction of sp³-hybridized carbons (Fsp3) is 0.250. The van der Waals surface area contributed by atoms with Crippen LogP contribution in [-0.2, 0) is 11.3 Å². The average Bonchev–Trinajstić information content (AvgIpc) is 2.28. The standard InChI is InChI=1S/C12H12F3NO/c1-9(12(13,14)15)11(17)8-16-7-10-5-3-2-4-6-10/h2-6,16H,1,7-8H2. The third-order valence-electron chi connectivity index (χ3n) is 2.14. The Labute approximate surface area is 97.1 Å². The maximum atomic E-state index is 12.1. The molecular formula is C12H12F3NO. The molecule has 92 valence electrons. The Kier molecular flexibility index (Phi) is 4.45. The number of benzene rings is 1. The van der Waals surface area contributed by atoms with Gasteiger partial charge in [0.05, 0.1) is 12.1 Å². The number of carbonyl (C=O) groups excluding carboxylic acids is 1. The molecule has 0 spiro atoms. The number of rotatable bonds is 5. The van der Waals surface area contributed by atoms with Crippen molar-refractivity contribution in [2.24, 2.45) is 0 Å². The number of carbonyl (C=O) groups is 1. The zero-order valence-corrected chi connectivity index (χ0v) is 9.05. The summed E-state index contributed by atoms with van der Waals surface area (Å²) in [6.07, 6.45) is -4.65. The van der Waals surface area contributed by atoms with Gasteiger partial charge in [0.2, 0.25) is 0 Å². The molecule has 1 rings (SSSR count). The van der Waals surface area contributed by atoms with E-state index in [0.717, 1.165) is 5.56 Å². The highest BCUT2D eigenvalue weighted by molar-refractivity contribution is 5.97. The molecule has 0 atom stereocenters. The Morgan fingerprint density at radius 3 is 2.35 bits per heavy atom. The van der Waals surface area contributed by atoms with Gasteiger partial charge in [0.1, 0.15) is 0 Å². The number of nitrogens with one attached hydrogen (secondary N) is 1. The van der Waals surface area contributed by atoms with Crippen LogP contribution >= 0.6 is 0 Å². The molecule has 0 bridgehead atoms. The Balaban J connectivity index is 2.38. The second-order valence-electron chi connectivity index (χ2n) is 3.49. The van der Waals surface area contributed by atoms with E-state index in [2.05, 4.69) is 11.9 Å². The Morgan fingerprint density at radius 2 is 1.82 bits per heavy atom. The minimum atomic E-state index is -4.65. The van der Waals surface area contributed by atoms with E-state index in [9.17, 15) is 18.0 Å².